The van der Waals surface area contributed by atoms with Gasteiger partial charge in [-0.2, -0.15) is 10.0 Å². The minimum Gasteiger partial charge on any atom is -0.318 e. The number of halogens is 1. The topological polar surface area (TPSA) is 73.8 Å². The number of carbonyl (C=O) groups is 1. The van der Waals surface area contributed by atoms with Crippen molar-refractivity contribution in [2.75, 3.05) is 0 Å². The van der Waals surface area contributed by atoms with Gasteiger partial charge in [0.1, 0.15) is 5.82 Å². The molecule has 0 atom stereocenters. The van der Waals surface area contributed by atoms with Crippen LogP contribution in [0.3, 0.4) is 0 Å². The Balaban J connectivity index is 1.41. The van der Waals surface area contributed by atoms with E-state index in [0.717, 1.165) is 27.1 Å². The van der Waals surface area contributed by atoms with E-state index in [2.05, 4.69) is 10.1 Å². The quantitative estimate of drug-likeness (QED) is 0.474. The van der Waals surface area contributed by atoms with Crippen molar-refractivity contribution in [3.05, 3.63) is 94.6 Å². The lowest BCUT2D eigenvalue weighted by Crippen LogP contribution is -2.35. The SMILES string of the molecule is Cc1cc(/C=C2/C(=N)N3N=C(SCc4ccccc4)SC3=NC2=O)c(C)n1-c1cccc(F)c1. The number of hydrogen-bond acceptors (Lipinski definition) is 5. The zero-order chi connectivity index (χ0) is 23.8. The third kappa shape index (κ3) is 4.24. The Bertz CT molecular complexity index is 1410. The van der Waals surface area contributed by atoms with Gasteiger partial charge in [0, 0.05) is 22.8 Å². The molecule has 6 nitrogen and oxygen atoms in total. The van der Waals surface area contributed by atoms with Crippen molar-refractivity contribution < 1.29 is 9.18 Å². The number of amidine groups is 2. The summed E-state index contributed by atoms with van der Waals surface area (Å²) in [5.41, 5.74) is 4.53. The lowest BCUT2D eigenvalue weighted by Gasteiger charge is -2.20. The van der Waals surface area contributed by atoms with E-state index in [0.29, 0.717) is 10.9 Å². The molecule has 0 radical (unpaired) electrons. The molecule has 3 heterocycles. The Kier molecular flexibility index (Phi) is 5.97. The van der Waals surface area contributed by atoms with Crippen molar-refractivity contribution in [1.82, 2.24) is 9.58 Å². The fourth-order valence-corrected chi connectivity index (χ4v) is 5.74. The molecular formula is C25H20FN5OS2. The largest absolute Gasteiger partial charge is 0.318 e. The molecular weight excluding hydrogens is 469 g/mol. The van der Waals surface area contributed by atoms with Crippen molar-refractivity contribution in [3.8, 4) is 5.69 Å². The van der Waals surface area contributed by atoms with E-state index in [-0.39, 0.29) is 17.2 Å². The standard InChI is InChI=1S/C25H20FN5OS2/c1-15-11-18(16(2)30(15)20-10-6-9-19(26)13-20)12-21-22(27)31-24(28-23(21)32)34-25(29-31)33-14-17-7-4-3-5-8-17/h3-13,27H,14H2,1-2H3/b21-12-,27-22?. The number of aryl methyl sites for hydroxylation is 1. The average Bonchev–Trinajstić information content (AvgIpc) is 3.35. The predicted molar refractivity (Wildman–Crippen MR) is 138 cm³/mol. The monoisotopic (exact) mass is 489 g/mol. The molecule has 1 N–H and O–H groups in total. The Morgan fingerprint density at radius 1 is 1.12 bits per heavy atom. The molecule has 0 saturated carbocycles. The van der Waals surface area contributed by atoms with E-state index in [1.54, 1.807) is 23.9 Å². The third-order valence-electron chi connectivity index (χ3n) is 5.48. The molecule has 1 amide bonds. The number of aliphatic imine (C=N–C) groups is 1. The van der Waals surface area contributed by atoms with Crippen LogP contribution in [0.15, 0.2) is 76.3 Å². The van der Waals surface area contributed by atoms with Gasteiger partial charge in [-0.3, -0.25) is 10.2 Å². The zero-order valence-corrected chi connectivity index (χ0v) is 20.1. The summed E-state index contributed by atoms with van der Waals surface area (Å²) >= 11 is 2.85. The number of benzene rings is 2. The number of hydrogen-bond donors (Lipinski definition) is 1. The number of hydrazone groups is 1. The van der Waals surface area contributed by atoms with Gasteiger partial charge >= 0.3 is 0 Å². The summed E-state index contributed by atoms with van der Waals surface area (Å²) in [6, 6.07) is 18.3. The van der Waals surface area contributed by atoms with Crippen LogP contribution in [0.25, 0.3) is 11.8 Å². The van der Waals surface area contributed by atoms with Crippen LogP contribution >= 0.6 is 23.5 Å². The summed E-state index contributed by atoms with van der Waals surface area (Å²) in [5, 5.41) is 15.0. The number of nitrogens with one attached hydrogen (secondary N) is 1. The molecule has 0 bridgehead atoms. The molecule has 0 unspecified atom stereocenters. The van der Waals surface area contributed by atoms with Gasteiger partial charge in [0.05, 0.1) is 5.57 Å². The van der Waals surface area contributed by atoms with Crippen molar-refractivity contribution >= 4 is 50.9 Å². The van der Waals surface area contributed by atoms with Gasteiger partial charge in [-0.05, 0) is 67.1 Å². The zero-order valence-electron chi connectivity index (χ0n) is 18.4. The van der Waals surface area contributed by atoms with Crippen molar-refractivity contribution in [1.29, 1.82) is 5.41 Å². The van der Waals surface area contributed by atoms with Crippen LogP contribution in [0, 0.1) is 25.1 Å². The van der Waals surface area contributed by atoms with Crippen LogP contribution < -0.4 is 0 Å². The number of aromatic nitrogens is 1. The number of nitrogens with zero attached hydrogens (tertiary/aromatic N) is 4. The molecule has 2 aromatic carbocycles. The molecule has 170 valence electrons. The highest BCUT2D eigenvalue weighted by Crippen LogP contribution is 2.34. The lowest BCUT2D eigenvalue weighted by atomic mass is 10.1. The number of amides is 1. The maximum Gasteiger partial charge on any atom is 0.283 e. The summed E-state index contributed by atoms with van der Waals surface area (Å²) in [6.45, 7) is 3.82. The van der Waals surface area contributed by atoms with Crippen molar-refractivity contribution in [2.24, 2.45) is 10.1 Å². The van der Waals surface area contributed by atoms with E-state index in [4.69, 9.17) is 5.41 Å². The summed E-state index contributed by atoms with van der Waals surface area (Å²) in [7, 11) is 0. The smallest absolute Gasteiger partial charge is 0.283 e. The maximum absolute atomic E-state index is 13.8. The lowest BCUT2D eigenvalue weighted by molar-refractivity contribution is -0.114. The molecule has 5 rings (SSSR count). The average molecular weight is 490 g/mol. The summed E-state index contributed by atoms with van der Waals surface area (Å²) < 4.78 is 16.4. The highest BCUT2D eigenvalue weighted by atomic mass is 32.2. The first kappa shape index (κ1) is 22.4. The Morgan fingerprint density at radius 3 is 2.68 bits per heavy atom. The van der Waals surface area contributed by atoms with E-state index in [1.807, 2.05) is 60.9 Å². The summed E-state index contributed by atoms with van der Waals surface area (Å²) in [4.78, 5) is 17.0. The van der Waals surface area contributed by atoms with Gasteiger partial charge in [-0.25, -0.2) is 4.39 Å². The molecule has 34 heavy (non-hydrogen) atoms. The first-order valence-corrected chi connectivity index (χ1v) is 12.3. The van der Waals surface area contributed by atoms with E-state index in [9.17, 15) is 9.18 Å². The molecule has 0 aliphatic carbocycles. The van der Waals surface area contributed by atoms with Gasteiger partial charge in [-0.15, -0.1) is 5.10 Å². The molecule has 0 spiro atoms. The summed E-state index contributed by atoms with van der Waals surface area (Å²) in [5.74, 6) is -0.0531. The number of rotatable bonds is 4. The molecule has 3 aromatic rings. The van der Waals surface area contributed by atoms with Gasteiger partial charge < -0.3 is 4.57 Å². The van der Waals surface area contributed by atoms with Crippen LogP contribution in [0.2, 0.25) is 0 Å². The fourth-order valence-electron chi connectivity index (χ4n) is 3.85. The molecule has 0 fully saturated rings. The normalized spacial score (nSPS) is 16.7. The first-order valence-electron chi connectivity index (χ1n) is 10.5. The Hall–Kier alpha value is -3.43. The van der Waals surface area contributed by atoms with E-state index >= 15 is 0 Å². The first-order chi connectivity index (χ1) is 16.4. The van der Waals surface area contributed by atoms with Gasteiger partial charge in [0.2, 0.25) is 5.17 Å². The highest BCUT2D eigenvalue weighted by Gasteiger charge is 2.36. The third-order valence-corrected chi connectivity index (χ3v) is 7.59. The van der Waals surface area contributed by atoms with Crippen LogP contribution in [-0.4, -0.2) is 30.9 Å². The Labute approximate surface area is 204 Å². The second-order valence-electron chi connectivity index (χ2n) is 7.80. The molecule has 0 saturated heterocycles. The van der Waals surface area contributed by atoms with Crippen LogP contribution in [0.4, 0.5) is 4.39 Å². The van der Waals surface area contributed by atoms with Gasteiger partial charge in [0.15, 0.2) is 10.2 Å². The fraction of sp³-hybridized carbons (Fsp3) is 0.120. The summed E-state index contributed by atoms with van der Waals surface area (Å²) in [6.07, 6.45) is 1.67. The molecule has 1 aromatic heterocycles. The second-order valence-corrected chi connectivity index (χ2v) is 9.98. The van der Waals surface area contributed by atoms with Crippen LogP contribution in [0.1, 0.15) is 22.5 Å². The number of carbonyl (C=O) groups excluding carboxylic acids is 1. The van der Waals surface area contributed by atoms with Gasteiger partial charge in [-0.1, -0.05) is 48.2 Å². The molecule has 2 aliphatic rings. The van der Waals surface area contributed by atoms with Crippen LogP contribution in [-0.2, 0) is 10.5 Å². The van der Waals surface area contributed by atoms with Gasteiger partial charge in [0.25, 0.3) is 5.91 Å². The predicted octanol–water partition coefficient (Wildman–Crippen LogP) is 5.74. The Morgan fingerprint density at radius 2 is 1.91 bits per heavy atom. The van der Waals surface area contributed by atoms with E-state index in [1.165, 1.54) is 34.5 Å². The number of fused-ring (bicyclic) bond motifs is 1. The minimum absolute atomic E-state index is 0.00614. The van der Waals surface area contributed by atoms with Crippen LogP contribution in [0.5, 0.6) is 0 Å². The number of thioether (sulfide) groups is 2. The highest BCUT2D eigenvalue weighted by molar-refractivity contribution is 8.45. The minimum atomic E-state index is -0.469. The van der Waals surface area contributed by atoms with Crippen molar-refractivity contribution in [2.45, 2.75) is 19.6 Å². The van der Waals surface area contributed by atoms with Crippen molar-refractivity contribution in [3.63, 3.8) is 0 Å². The molecule has 2 aliphatic heterocycles. The second kappa shape index (κ2) is 9.08. The van der Waals surface area contributed by atoms with E-state index < -0.39 is 5.91 Å². The molecule has 9 heteroatoms. The maximum atomic E-state index is 13.8.